The molecule has 1 N–H and O–H groups in total. The highest BCUT2D eigenvalue weighted by atomic mass is 35.5. The summed E-state index contributed by atoms with van der Waals surface area (Å²) in [5.74, 6) is 0.717. The Morgan fingerprint density at radius 1 is 1.08 bits per heavy atom. The van der Waals surface area contributed by atoms with E-state index in [4.69, 9.17) is 16.3 Å². The molecular formula is C21H28ClNO2. The molecule has 0 aliphatic carbocycles. The van der Waals surface area contributed by atoms with E-state index in [1.165, 1.54) is 16.7 Å². The lowest BCUT2D eigenvalue weighted by molar-refractivity contribution is 0.0542. The van der Waals surface area contributed by atoms with Crippen molar-refractivity contribution in [2.75, 3.05) is 13.2 Å². The summed E-state index contributed by atoms with van der Waals surface area (Å²) in [5, 5.41) is 11.1. The number of aliphatic hydroxyl groups excluding tert-OH is 1. The number of halogens is 1. The topological polar surface area (TPSA) is 32.7 Å². The summed E-state index contributed by atoms with van der Waals surface area (Å²) in [5.41, 5.74) is 3.85. The van der Waals surface area contributed by atoms with Crippen LogP contribution in [-0.2, 0) is 6.54 Å². The van der Waals surface area contributed by atoms with E-state index < -0.39 is 6.10 Å². The summed E-state index contributed by atoms with van der Waals surface area (Å²) in [7, 11) is 0. The third-order valence-electron chi connectivity index (χ3n) is 4.31. The molecule has 1 atom stereocenters. The molecule has 0 amide bonds. The highest BCUT2D eigenvalue weighted by molar-refractivity contribution is 6.30. The molecule has 0 heterocycles. The molecule has 0 aliphatic heterocycles. The predicted molar refractivity (Wildman–Crippen MR) is 104 cm³/mol. The number of ether oxygens (including phenoxy) is 1. The van der Waals surface area contributed by atoms with Gasteiger partial charge in [0.05, 0.1) is 0 Å². The number of hydrogen-bond donors (Lipinski definition) is 1. The van der Waals surface area contributed by atoms with Gasteiger partial charge in [-0.3, -0.25) is 4.90 Å². The van der Waals surface area contributed by atoms with Crippen molar-refractivity contribution in [3.8, 4) is 5.75 Å². The average molecular weight is 362 g/mol. The summed E-state index contributed by atoms with van der Waals surface area (Å²) in [6, 6.07) is 14.0. The van der Waals surface area contributed by atoms with Crippen molar-refractivity contribution in [3.63, 3.8) is 0 Å². The summed E-state index contributed by atoms with van der Waals surface area (Å²) in [6.45, 7) is 10.2. The molecule has 2 rings (SSSR count). The normalized spacial score (nSPS) is 12.6. The number of benzene rings is 2. The number of nitrogens with zero attached hydrogens (tertiary/aromatic N) is 1. The average Bonchev–Trinajstić information content (AvgIpc) is 2.57. The Kier molecular flexibility index (Phi) is 7.30. The Morgan fingerprint density at radius 2 is 1.76 bits per heavy atom. The van der Waals surface area contributed by atoms with Gasteiger partial charge in [0, 0.05) is 24.2 Å². The molecule has 0 bridgehead atoms. The quantitative estimate of drug-likeness (QED) is 0.745. The molecule has 0 radical (unpaired) electrons. The van der Waals surface area contributed by atoms with E-state index in [0.717, 1.165) is 6.54 Å². The van der Waals surface area contributed by atoms with Crippen LogP contribution in [0.15, 0.2) is 42.5 Å². The molecule has 25 heavy (non-hydrogen) atoms. The number of aliphatic hydroxyl groups is 1. The van der Waals surface area contributed by atoms with Gasteiger partial charge in [0.25, 0.3) is 0 Å². The molecule has 0 aliphatic rings. The van der Waals surface area contributed by atoms with Gasteiger partial charge in [0.1, 0.15) is 18.5 Å². The fourth-order valence-corrected chi connectivity index (χ4v) is 2.82. The highest BCUT2D eigenvalue weighted by Crippen LogP contribution is 2.17. The molecular weight excluding hydrogens is 334 g/mol. The van der Waals surface area contributed by atoms with Crippen LogP contribution in [0.3, 0.4) is 0 Å². The van der Waals surface area contributed by atoms with Crippen LogP contribution < -0.4 is 4.74 Å². The van der Waals surface area contributed by atoms with Crippen LogP contribution in [0, 0.1) is 13.8 Å². The van der Waals surface area contributed by atoms with Crippen molar-refractivity contribution < 1.29 is 9.84 Å². The van der Waals surface area contributed by atoms with E-state index in [1.807, 2.05) is 12.1 Å². The summed E-state index contributed by atoms with van der Waals surface area (Å²) >= 11 is 5.87. The van der Waals surface area contributed by atoms with Crippen LogP contribution in [0.25, 0.3) is 0 Å². The lowest BCUT2D eigenvalue weighted by atomic mass is 10.0. The zero-order valence-electron chi connectivity index (χ0n) is 15.5. The van der Waals surface area contributed by atoms with Crippen LogP contribution in [-0.4, -0.2) is 35.3 Å². The van der Waals surface area contributed by atoms with Gasteiger partial charge in [-0.25, -0.2) is 0 Å². The van der Waals surface area contributed by atoms with Gasteiger partial charge in [-0.2, -0.15) is 0 Å². The van der Waals surface area contributed by atoms with Crippen LogP contribution in [0.5, 0.6) is 5.75 Å². The summed E-state index contributed by atoms with van der Waals surface area (Å²) in [4.78, 5) is 2.28. The second-order valence-corrected chi connectivity index (χ2v) is 7.31. The van der Waals surface area contributed by atoms with E-state index in [-0.39, 0.29) is 6.61 Å². The van der Waals surface area contributed by atoms with Gasteiger partial charge >= 0.3 is 0 Å². The lowest BCUT2D eigenvalue weighted by Crippen LogP contribution is -2.39. The standard InChI is InChI=1S/C21H28ClNO2/c1-15(2)23(12-18-11-16(3)5-6-17(18)4)13-20(24)14-25-21-9-7-19(22)8-10-21/h5-11,15,20,24H,12-14H2,1-4H3. The summed E-state index contributed by atoms with van der Waals surface area (Å²) in [6.07, 6.45) is -0.553. The zero-order valence-corrected chi connectivity index (χ0v) is 16.3. The molecule has 0 saturated heterocycles. The Bertz CT molecular complexity index is 670. The van der Waals surface area contributed by atoms with Crippen LogP contribution in [0.4, 0.5) is 0 Å². The molecule has 1 unspecified atom stereocenters. The minimum atomic E-state index is -0.553. The number of hydrogen-bond acceptors (Lipinski definition) is 3. The molecule has 2 aromatic carbocycles. The Balaban J connectivity index is 1.93. The van der Waals surface area contributed by atoms with Gasteiger partial charge in [-0.15, -0.1) is 0 Å². The second-order valence-electron chi connectivity index (χ2n) is 6.87. The number of aryl methyl sites for hydroxylation is 2. The largest absolute Gasteiger partial charge is 0.491 e. The van der Waals surface area contributed by atoms with Crippen LogP contribution in [0.1, 0.15) is 30.5 Å². The monoisotopic (exact) mass is 361 g/mol. The fraction of sp³-hybridized carbons (Fsp3) is 0.429. The smallest absolute Gasteiger partial charge is 0.119 e. The van der Waals surface area contributed by atoms with Gasteiger partial charge in [0.15, 0.2) is 0 Å². The fourth-order valence-electron chi connectivity index (χ4n) is 2.69. The Morgan fingerprint density at radius 3 is 2.40 bits per heavy atom. The molecule has 0 fully saturated rings. The van der Waals surface area contributed by atoms with Crippen molar-refractivity contribution >= 4 is 11.6 Å². The van der Waals surface area contributed by atoms with Crippen LogP contribution in [0.2, 0.25) is 5.02 Å². The van der Waals surface area contributed by atoms with E-state index in [9.17, 15) is 5.11 Å². The maximum Gasteiger partial charge on any atom is 0.119 e. The van der Waals surface area contributed by atoms with E-state index in [2.05, 4.69) is 50.8 Å². The van der Waals surface area contributed by atoms with Crippen molar-refractivity contribution in [3.05, 3.63) is 64.2 Å². The van der Waals surface area contributed by atoms with Gasteiger partial charge in [0.2, 0.25) is 0 Å². The molecule has 136 valence electrons. The van der Waals surface area contributed by atoms with Gasteiger partial charge < -0.3 is 9.84 Å². The maximum absolute atomic E-state index is 10.4. The highest BCUT2D eigenvalue weighted by Gasteiger charge is 2.17. The minimum Gasteiger partial charge on any atom is -0.491 e. The van der Waals surface area contributed by atoms with Gasteiger partial charge in [-0.05, 0) is 63.1 Å². The Hall–Kier alpha value is -1.55. The first-order valence-electron chi connectivity index (χ1n) is 8.71. The first kappa shape index (κ1) is 19.8. The zero-order chi connectivity index (χ0) is 18.4. The molecule has 3 nitrogen and oxygen atoms in total. The van der Waals surface area contributed by atoms with Gasteiger partial charge in [-0.1, -0.05) is 35.4 Å². The van der Waals surface area contributed by atoms with Crippen molar-refractivity contribution in [1.82, 2.24) is 4.90 Å². The van der Waals surface area contributed by atoms with Crippen molar-refractivity contribution in [1.29, 1.82) is 0 Å². The SMILES string of the molecule is Cc1ccc(C)c(CN(CC(O)COc2ccc(Cl)cc2)C(C)C)c1. The van der Waals surface area contributed by atoms with Crippen molar-refractivity contribution in [2.24, 2.45) is 0 Å². The molecule has 2 aromatic rings. The maximum atomic E-state index is 10.4. The molecule has 0 aromatic heterocycles. The third kappa shape index (κ3) is 6.35. The third-order valence-corrected chi connectivity index (χ3v) is 4.56. The Labute approximate surface area is 156 Å². The van der Waals surface area contributed by atoms with E-state index in [0.29, 0.717) is 23.4 Å². The second kappa shape index (κ2) is 9.23. The first-order chi connectivity index (χ1) is 11.8. The molecule has 0 spiro atoms. The summed E-state index contributed by atoms with van der Waals surface area (Å²) < 4.78 is 5.66. The van der Waals surface area contributed by atoms with Crippen molar-refractivity contribution in [2.45, 2.75) is 46.4 Å². The lowest BCUT2D eigenvalue weighted by Gasteiger charge is -2.29. The molecule has 0 saturated carbocycles. The van der Waals surface area contributed by atoms with E-state index in [1.54, 1.807) is 12.1 Å². The van der Waals surface area contributed by atoms with Crippen LogP contribution >= 0.6 is 11.6 Å². The number of rotatable bonds is 8. The van der Waals surface area contributed by atoms with E-state index >= 15 is 0 Å². The molecule has 4 heteroatoms. The first-order valence-corrected chi connectivity index (χ1v) is 9.09. The minimum absolute atomic E-state index is 0.262. The predicted octanol–water partition coefficient (Wildman–Crippen LogP) is 4.61.